The first-order chi connectivity index (χ1) is 13.7. The molecule has 2 N–H and O–H groups in total. The van der Waals surface area contributed by atoms with Crippen LogP contribution in [0.4, 0.5) is 4.79 Å². The van der Waals surface area contributed by atoms with Crippen molar-refractivity contribution >= 4 is 6.03 Å². The van der Waals surface area contributed by atoms with Crippen LogP contribution in [0.2, 0.25) is 0 Å². The fourth-order valence-electron chi connectivity index (χ4n) is 6.36. The Morgan fingerprint density at radius 2 is 1.64 bits per heavy atom. The number of benzene rings is 1. The number of carbonyl (C=O) groups excluding carboxylic acids is 1. The minimum atomic E-state index is -0.0311. The Labute approximate surface area is 166 Å². The third-order valence-electron chi connectivity index (χ3n) is 7.17. The highest BCUT2D eigenvalue weighted by molar-refractivity contribution is 5.73. The van der Waals surface area contributed by atoms with Gasteiger partial charge in [0.2, 0.25) is 0 Å². The summed E-state index contributed by atoms with van der Waals surface area (Å²) in [7, 11) is 0. The Morgan fingerprint density at radius 1 is 1.00 bits per heavy atom. The topological polar surface area (TPSA) is 59.0 Å². The standard InChI is InChI=1S/C23H30N4O/c28-22(25-16-23-11-19-8-20(12-23)10-21(9-19)13-23)24-14-17-2-4-18(5-3-17)15-27-7-1-6-26-27/h1-7,19-21H,8-16H2,(H2,24,25,28). The first kappa shape index (κ1) is 17.8. The molecule has 28 heavy (non-hydrogen) atoms. The predicted molar refractivity (Wildman–Crippen MR) is 109 cm³/mol. The van der Waals surface area contributed by atoms with E-state index in [9.17, 15) is 4.79 Å². The SMILES string of the molecule is O=C(NCc1ccc(Cn2cccn2)cc1)NCC12CC3CC(CC(C3)C1)C2. The number of hydrogen-bond donors (Lipinski definition) is 2. The van der Waals surface area contributed by atoms with Crippen molar-refractivity contribution < 1.29 is 4.79 Å². The van der Waals surface area contributed by atoms with E-state index in [1.54, 1.807) is 6.20 Å². The summed E-state index contributed by atoms with van der Waals surface area (Å²) >= 11 is 0. The molecule has 0 unspecified atom stereocenters. The highest BCUT2D eigenvalue weighted by Gasteiger charge is 2.50. The predicted octanol–water partition coefficient (Wildman–Crippen LogP) is 3.95. The largest absolute Gasteiger partial charge is 0.338 e. The van der Waals surface area contributed by atoms with Gasteiger partial charge in [0.05, 0.1) is 6.54 Å². The molecule has 4 aliphatic carbocycles. The van der Waals surface area contributed by atoms with Gasteiger partial charge in [-0.3, -0.25) is 4.68 Å². The monoisotopic (exact) mass is 378 g/mol. The Hall–Kier alpha value is -2.30. The van der Waals surface area contributed by atoms with E-state index in [4.69, 9.17) is 0 Å². The van der Waals surface area contributed by atoms with Crippen molar-refractivity contribution in [2.75, 3.05) is 6.54 Å². The molecule has 2 aromatic rings. The fraction of sp³-hybridized carbons (Fsp3) is 0.565. The number of rotatable bonds is 6. The van der Waals surface area contributed by atoms with E-state index in [0.29, 0.717) is 12.0 Å². The lowest BCUT2D eigenvalue weighted by molar-refractivity contribution is -0.0498. The van der Waals surface area contributed by atoms with Gasteiger partial charge in [0.15, 0.2) is 0 Å². The molecule has 0 atom stereocenters. The summed E-state index contributed by atoms with van der Waals surface area (Å²) < 4.78 is 1.91. The third kappa shape index (κ3) is 3.80. The smallest absolute Gasteiger partial charge is 0.315 e. The zero-order valence-electron chi connectivity index (χ0n) is 16.4. The number of amides is 2. The van der Waals surface area contributed by atoms with Crippen LogP contribution in [0.5, 0.6) is 0 Å². The van der Waals surface area contributed by atoms with E-state index in [-0.39, 0.29) is 6.03 Å². The van der Waals surface area contributed by atoms with Gasteiger partial charge in [0.1, 0.15) is 0 Å². The quantitative estimate of drug-likeness (QED) is 0.800. The second-order valence-corrected chi connectivity index (χ2v) is 9.47. The van der Waals surface area contributed by atoms with Gasteiger partial charge in [-0.15, -0.1) is 0 Å². The lowest BCUT2D eigenvalue weighted by Gasteiger charge is -2.56. The Bertz CT molecular complexity index is 776. The maximum absolute atomic E-state index is 12.4. The van der Waals surface area contributed by atoms with Crippen LogP contribution in [0.15, 0.2) is 42.7 Å². The zero-order valence-corrected chi connectivity index (χ0v) is 16.4. The molecule has 5 nitrogen and oxygen atoms in total. The maximum atomic E-state index is 12.4. The maximum Gasteiger partial charge on any atom is 0.315 e. The summed E-state index contributed by atoms with van der Waals surface area (Å²) in [5.74, 6) is 2.78. The molecule has 0 aliphatic heterocycles. The van der Waals surface area contributed by atoms with Gasteiger partial charge in [-0.25, -0.2) is 4.79 Å². The molecular formula is C23H30N4O. The van der Waals surface area contributed by atoms with Crippen molar-refractivity contribution in [1.29, 1.82) is 0 Å². The van der Waals surface area contributed by atoms with Crippen LogP contribution in [0.1, 0.15) is 49.7 Å². The van der Waals surface area contributed by atoms with Gasteiger partial charge in [-0.05, 0) is 78.9 Å². The van der Waals surface area contributed by atoms with E-state index < -0.39 is 0 Å². The van der Waals surface area contributed by atoms with E-state index in [1.807, 2.05) is 16.9 Å². The molecular weight excluding hydrogens is 348 g/mol. The van der Waals surface area contributed by atoms with Gasteiger partial charge in [0, 0.05) is 25.5 Å². The lowest BCUT2D eigenvalue weighted by atomic mass is 9.49. The van der Waals surface area contributed by atoms with Crippen molar-refractivity contribution in [3.63, 3.8) is 0 Å². The number of urea groups is 1. The molecule has 4 fully saturated rings. The number of aromatic nitrogens is 2. The molecule has 1 aromatic heterocycles. The first-order valence-corrected chi connectivity index (χ1v) is 10.7. The third-order valence-corrected chi connectivity index (χ3v) is 7.17. The van der Waals surface area contributed by atoms with E-state index in [0.717, 1.165) is 36.4 Å². The van der Waals surface area contributed by atoms with Crippen molar-refractivity contribution in [2.24, 2.45) is 23.2 Å². The van der Waals surface area contributed by atoms with E-state index >= 15 is 0 Å². The zero-order chi connectivity index (χ0) is 19.0. The summed E-state index contributed by atoms with van der Waals surface area (Å²) in [5, 5.41) is 10.5. The van der Waals surface area contributed by atoms with Crippen LogP contribution in [0.25, 0.3) is 0 Å². The van der Waals surface area contributed by atoms with Gasteiger partial charge in [0.25, 0.3) is 0 Å². The van der Waals surface area contributed by atoms with Gasteiger partial charge >= 0.3 is 6.03 Å². The Morgan fingerprint density at radius 3 is 2.25 bits per heavy atom. The van der Waals surface area contributed by atoms with Crippen molar-refractivity contribution in [1.82, 2.24) is 20.4 Å². The minimum absolute atomic E-state index is 0.0311. The van der Waals surface area contributed by atoms with Crippen molar-refractivity contribution in [2.45, 2.75) is 51.6 Å². The number of nitrogens with one attached hydrogen (secondary N) is 2. The van der Waals surface area contributed by atoms with Gasteiger partial charge in [-0.1, -0.05) is 24.3 Å². The first-order valence-electron chi connectivity index (χ1n) is 10.7. The average Bonchev–Trinajstić information content (AvgIpc) is 3.18. The molecule has 0 saturated heterocycles. The van der Waals surface area contributed by atoms with Crippen molar-refractivity contribution in [3.8, 4) is 0 Å². The van der Waals surface area contributed by atoms with Crippen LogP contribution in [0, 0.1) is 23.2 Å². The molecule has 4 saturated carbocycles. The molecule has 0 radical (unpaired) electrons. The molecule has 6 rings (SSSR count). The van der Waals surface area contributed by atoms with Crippen LogP contribution in [0.3, 0.4) is 0 Å². The summed E-state index contributed by atoms with van der Waals surface area (Å²) in [6.07, 6.45) is 12.1. The van der Waals surface area contributed by atoms with Crippen LogP contribution < -0.4 is 10.6 Å². The van der Waals surface area contributed by atoms with Crippen molar-refractivity contribution in [3.05, 3.63) is 53.9 Å². The fourth-order valence-corrected chi connectivity index (χ4v) is 6.36. The van der Waals surface area contributed by atoms with Gasteiger partial charge < -0.3 is 10.6 Å². The summed E-state index contributed by atoms with van der Waals surface area (Å²) in [5.41, 5.74) is 2.72. The molecule has 5 heteroatoms. The molecule has 4 bridgehead atoms. The number of nitrogens with zero attached hydrogens (tertiary/aromatic N) is 2. The second kappa shape index (κ2) is 7.26. The van der Waals surface area contributed by atoms with E-state index in [1.165, 1.54) is 44.1 Å². The van der Waals surface area contributed by atoms with Crippen LogP contribution in [-0.2, 0) is 13.1 Å². The molecule has 148 valence electrons. The van der Waals surface area contributed by atoms with Gasteiger partial charge in [-0.2, -0.15) is 5.10 Å². The van der Waals surface area contributed by atoms with E-state index in [2.05, 4.69) is 40.0 Å². The van der Waals surface area contributed by atoms with Crippen LogP contribution >= 0.6 is 0 Å². The highest BCUT2D eigenvalue weighted by Crippen LogP contribution is 2.59. The summed E-state index contributed by atoms with van der Waals surface area (Å²) in [6, 6.07) is 10.3. The molecule has 1 heterocycles. The number of carbonyl (C=O) groups is 1. The molecule has 0 spiro atoms. The molecule has 2 amide bonds. The second-order valence-electron chi connectivity index (χ2n) is 9.47. The Kier molecular flexibility index (Phi) is 4.61. The lowest BCUT2D eigenvalue weighted by Crippen LogP contribution is -2.52. The molecule has 1 aromatic carbocycles. The molecule has 4 aliphatic rings. The Balaban J connectivity index is 1.09. The highest BCUT2D eigenvalue weighted by atomic mass is 16.2. The minimum Gasteiger partial charge on any atom is -0.338 e. The summed E-state index contributed by atoms with van der Waals surface area (Å²) in [6.45, 7) is 2.19. The average molecular weight is 379 g/mol. The van der Waals surface area contributed by atoms with Crippen LogP contribution in [-0.4, -0.2) is 22.4 Å². The number of hydrogen-bond acceptors (Lipinski definition) is 2. The summed E-state index contributed by atoms with van der Waals surface area (Å²) in [4.78, 5) is 12.4. The normalized spacial score (nSPS) is 30.4.